The minimum absolute atomic E-state index is 0. The number of ether oxygens (including phenoxy) is 3. The zero-order valence-corrected chi connectivity index (χ0v) is 36.1. The molecule has 2 saturated carbocycles. The van der Waals surface area contributed by atoms with Crippen LogP contribution in [-0.4, -0.2) is 85.3 Å². The van der Waals surface area contributed by atoms with E-state index in [4.69, 9.17) is 32.7 Å². The van der Waals surface area contributed by atoms with E-state index in [-0.39, 0.29) is 66.9 Å². The first-order valence-electron chi connectivity index (χ1n) is 18.0. The molecule has 2 aliphatic rings. The molecule has 0 unspecified atom stereocenters. The van der Waals surface area contributed by atoms with Crippen LogP contribution in [0, 0.1) is 11.6 Å². The van der Waals surface area contributed by atoms with Gasteiger partial charge in [0.25, 0.3) is 11.8 Å². The van der Waals surface area contributed by atoms with E-state index in [0.717, 1.165) is 65.2 Å². The van der Waals surface area contributed by atoms with Crippen molar-refractivity contribution in [2.24, 2.45) is 0 Å². The van der Waals surface area contributed by atoms with Crippen LogP contribution in [0.1, 0.15) is 57.6 Å². The summed E-state index contributed by atoms with van der Waals surface area (Å²) in [7, 11) is -3.14. The van der Waals surface area contributed by atoms with E-state index in [1.165, 1.54) is 0 Å². The third kappa shape index (κ3) is 12.2. The SMILES string of the molecule is C.COC(F)(F)c1nnc2cnc(-c3cnc(OC4(C(F)(F)F)CCC4)c(F)c3)cn12.Fc1cc(-c2cn3c(C(F)(F)Cl)nnc3cn2)cnc1OC1(C(F)(F)F)CCC1.O=[S-](=O)C(F)(F)F.[O]=[Ag]. The molecule has 0 amide bonds. The number of methoxy groups -OCH3 is 1. The summed E-state index contributed by atoms with van der Waals surface area (Å²) in [5, 5.41) is 9.89. The maximum absolute atomic E-state index is 14.4. The Hall–Kier alpha value is -5.31. The summed E-state index contributed by atoms with van der Waals surface area (Å²) in [6.07, 6.45) is -7.16. The zero-order chi connectivity index (χ0) is 50.8. The van der Waals surface area contributed by atoms with Crippen molar-refractivity contribution in [3.8, 4) is 34.3 Å². The van der Waals surface area contributed by atoms with E-state index in [0.29, 0.717) is 12.8 Å². The molecule has 0 aliphatic heterocycles. The fourth-order valence-electron chi connectivity index (χ4n) is 5.92. The summed E-state index contributed by atoms with van der Waals surface area (Å²) in [4.78, 5) is 15.2. The average Bonchev–Trinajstić information content (AvgIpc) is 3.86. The number of hydrogen-bond donors (Lipinski definition) is 0. The number of hydrogen-bond acceptors (Lipinski definition) is 15. The molecule has 2 fully saturated rings. The van der Waals surface area contributed by atoms with E-state index in [9.17, 15) is 65.9 Å². The molecular weight excluding hydrogens is 1120 g/mol. The number of rotatable bonds is 9. The van der Waals surface area contributed by atoms with E-state index in [1.807, 2.05) is 0 Å². The molecular formula is C35H27AgClF15N10O6S-. The Morgan fingerprint density at radius 3 is 1.28 bits per heavy atom. The van der Waals surface area contributed by atoms with Crippen LogP contribution in [0.3, 0.4) is 0 Å². The van der Waals surface area contributed by atoms with Crippen LogP contribution in [0.25, 0.3) is 33.8 Å². The van der Waals surface area contributed by atoms with Crippen molar-refractivity contribution in [1.82, 2.24) is 49.1 Å². The van der Waals surface area contributed by atoms with Gasteiger partial charge in [0.05, 0.1) is 23.8 Å². The van der Waals surface area contributed by atoms with Gasteiger partial charge < -0.3 is 22.6 Å². The number of alkyl halides is 14. The van der Waals surface area contributed by atoms with Crippen LogP contribution in [-0.2, 0) is 59.6 Å². The van der Waals surface area contributed by atoms with Gasteiger partial charge >= 0.3 is 53.6 Å². The first-order valence-corrected chi connectivity index (χ1v) is 20.1. The fraction of sp³-hybridized carbons (Fsp3) is 0.429. The van der Waals surface area contributed by atoms with E-state index >= 15 is 0 Å². The Bertz CT molecular complexity index is 2830. The first kappa shape index (κ1) is 56.3. The Kier molecular flexibility index (Phi) is 17.1. The molecule has 2 aliphatic carbocycles. The Morgan fingerprint density at radius 1 is 0.623 bits per heavy atom. The number of halogens is 16. The molecule has 6 aromatic heterocycles. The molecule has 0 N–H and O–H groups in total. The topological polar surface area (TPSA) is 191 Å². The van der Waals surface area contributed by atoms with Crippen molar-refractivity contribution in [3.63, 3.8) is 0 Å². The molecule has 383 valence electrons. The van der Waals surface area contributed by atoms with Crippen molar-refractivity contribution in [2.45, 2.75) is 86.5 Å². The molecule has 6 heterocycles. The van der Waals surface area contributed by atoms with Gasteiger partial charge in [0, 0.05) is 53.7 Å². The molecule has 0 bridgehead atoms. The van der Waals surface area contributed by atoms with Crippen molar-refractivity contribution in [2.75, 3.05) is 7.11 Å². The molecule has 69 heavy (non-hydrogen) atoms. The van der Waals surface area contributed by atoms with Gasteiger partial charge in [-0.25, -0.2) is 18.7 Å². The normalized spacial score (nSPS) is 15.5. The monoisotopic (exact) mass is 1140 g/mol. The van der Waals surface area contributed by atoms with Crippen LogP contribution in [0.5, 0.6) is 11.8 Å². The molecule has 0 atom stereocenters. The second-order valence-electron chi connectivity index (χ2n) is 13.9. The quantitative estimate of drug-likeness (QED) is 0.0575. The van der Waals surface area contributed by atoms with Crippen LogP contribution in [0.15, 0.2) is 49.3 Å². The van der Waals surface area contributed by atoms with Crippen molar-refractivity contribution in [1.29, 1.82) is 0 Å². The van der Waals surface area contributed by atoms with Crippen LogP contribution >= 0.6 is 11.6 Å². The summed E-state index contributed by atoms with van der Waals surface area (Å²) in [5.74, 6) is -5.59. The molecule has 34 heteroatoms. The molecule has 0 spiro atoms. The van der Waals surface area contributed by atoms with Gasteiger partial charge in [0.1, 0.15) is 0 Å². The van der Waals surface area contributed by atoms with Crippen LogP contribution in [0.2, 0.25) is 0 Å². The van der Waals surface area contributed by atoms with Crippen LogP contribution < -0.4 is 9.47 Å². The minimum atomic E-state index is -5.08. The number of pyridine rings is 2. The van der Waals surface area contributed by atoms with Gasteiger partial charge in [-0.2, -0.15) is 57.1 Å². The van der Waals surface area contributed by atoms with Gasteiger partial charge in [-0.1, -0.05) is 7.43 Å². The van der Waals surface area contributed by atoms with Gasteiger partial charge in [-0.15, -0.1) is 20.4 Å². The molecule has 0 radical (unpaired) electrons. The molecule has 0 saturated heterocycles. The van der Waals surface area contributed by atoms with Crippen molar-refractivity contribution in [3.05, 3.63) is 72.6 Å². The summed E-state index contributed by atoms with van der Waals surface area (Å²) < 4.78 is 236. The second kappa shape index (κ2) is 21.0. The summed E-state index contributed by atoms with van der Waals surface area (Å²) in [6.45, 7) is 0. The summed E-state index contributed by atoms with van der Waals surface area (Å²) in [6, 6.07) is 1.71. The predicted molar refractivity (Wildman–Crippen MR) is 197 cm³/mol. The summed E-state index contributed by atoms with van der Waals surface area (Å²) in [5.41, 5.74) is -10.0. The van der Waals surface area contributed by atoms with E-state index < -0.39 is 86.3 Å². The van der Waals surface area contributed by atoms with Gasteiger partial charge in [-0.05, 0) is 62.3 Å². The Labute approximate surface area is 394 Å². The number of aromatic nitrogens is 10. The number of fused-ring (bicyclic) bond motifs is 2. The average molecular weight is 1140 g/mol. The van der Waals surface area contributed by atoms with Gasteiger partial charge in [-0.3, -0.25) is 18.8 Å². The first-order chi connectivity index (χ1) is 31.5. The number of nitrogens with zero attached hydrogens (tertiary/aromatic N) is 10. The van der Waals surface area contributed by atoms with E-state index in [2.05, 4.69) is 45.1 Å². The summed E-state index contributed by atoms with van der Waals surface area (Å²) >= 11 is 6.68. The maximum atomic E-state index is 14.4. The third-order valence-electron chi connectivity index (χ3n) is 9.69. The second-order valence-corrected chi connectivity index (χ2v) is 15.3. The van der Waals surface area contributed by atoms with Crippen LogP contribution in [0.4, 0.5) is 65.9 Å². The van der Waals surface area contributed by atoms with Crippen molar-refractivity contribution >= 4 is 33.6 Å². The molecule has 16 nitrogen and oxygen atoms in total. The Morgan fingerprint density at radius 2 is 0.986 bits per heavy atom. The molecule has 6 aromatic rings. The predicted octanol–water partition coefficient (Wildman–Crippen LogP) is 9.69. The molecule has 0 aromatic carbocycles. The molecule has 8 rings (SSSR count). The van der Waals surface area contributed by atoms with Gasteiger partial charge in [0.2, 0.25) is 22.9 Å². The van der Waals surface area contributed by atoms with E-state index in [1.54, 1.807) is 21.0 Å². The van der Waals surface area contributed by atoms with Gasteiger partial charge in [0.15, 0.2) is 22.9 Å². The standard InChI is InChI=1S/C17H13F6N5O2.C16H10ClF6N5O.CF3O2S.CH4.Ag.O/c1-29-16(19,20)14-27-26-12-7-24-11(8-28(12)14)9-5-10(18)13(25-6-9)30-15(3-2-4-15)17(21,22)23;17-15(19,20)13-27-26-11-6-24-10(7-28(11)13)8-4-9(18)12(25-5-8)29-14(2-1-3-14)16(21,22)23;2-1(3,4)7(5)6;;;/h5-8H,2-4H2,1H3;4-7H,1-3H2;;1H4;;/q;;-1;;;. The zero-order valence-electron chi connectivity index (χ0n) is 33.0. The third-order valence-corrected chi connectivity index (χ3v) is 10.2. The Balaban J connectivity index is 0.000000253. The fourth-order valence-corrected chi connectivity index (χ4v) is 6.05. The van der Waals surface area contributed by atoms with Crippen molar-refractivity contribution < 1.29 is 113 Å².